The van der Waals surface area contributed by atoms with Gasteiger partial charge in [0.25, 0.3) is 0 Å². The van der Waals surface area contributed by atoms with Crippen molar-refractivity contribution < 1.29 is 0 Å². The predicted molar refractivity (Wildman–Crippen MR) is 141 cm³/mol. The molecule has 4 atom stereocenters. The molecule has 1 heteroatoms. The van der Waals surface area contributed by atoms with Crippen molar-refractivity contribution in [2.45, 2.75) is 139 Å². The molecule has 1 rings (SSSR count). The van der Waals surface area contributed by atoms with Crippen molar-refractivity contribution in [3.63, 3.8) is 0 Å². The first-order chi connectivity index (χ1) is 14.4. The number of rotatable bonds is 14. The lowest BCUT2D eigenvalue weighted by Crippen LogP contribution is -2.34. The van der Waals surface area contributed by atoms with Crippen molar-refractivity contribution in [1.82, 2.24) is 0 Å². The number of nitrogens with two attached hydrogens (primary N) is 1. The van der Waals surface area contributed by atoms with E-state index in [0.29, 0.717) is 5.41 Å². The molecular formula is C29H61N. The molecule has 30 heavy (non-hydrogen) atoms. The SMILES string of the molecule is C=C(CC)C1CCC(C(CCCCCC)CCCC(C)C)C1(C)CCC.CC.CN. The summed E-state index contributed by atoms with van der Waals surface area (Å²) in [4.78, 5) is 0. The van der Waals surface area contributed by atoms with Crippen LogP contribution in [0.15, 0.2) is 12.2 Å². The van der Waals surface area contributed by atoms with E-state index in [0.717, 1.165) is 23.7 Å². The van der Waals surface area contributed by atoms with Gasteiger partial charge in [0.1, 0.15) is 0 Å². The van der Waals surface area contributed by atoms with Crippen LogP contribution in [0.2, 0.25) is 0 Å². The van der Waals surface area contributed by atoms with Crippen molar-refractivity contribution in [3.05, 3.63) is 12.2 Å². The number of hydrogen-bond acceptors (Lipinski definition) is 1. The summed E-state index contributed by atoms with van der Waals surface area (Å²) in [6.07, 6.45) is 18.2. The molecule has 1 fully saturated rings. The molecule has 2 N–H and O–H groups in total. The Morgan fingerprint density at radius 3 is 2.00 bits per heavy atom. The van der Waals surface area contributed by atoms with Crippen molar-refractivity contribution in [1.29, 1.82) is 0 Å². The monoisotopic (exact) mass is 423 g/mol. The third-order valence-corrected chi connectivity index (χ3v) is 7.50. The molecule has 0 aliphatic heterocycles. The second-order valence-corrected chi connectivity index (χ2v) is 9.94. The van der Waals surface area contributed by atoms with E-state index < -0.39 is 0 Å². The molecule has 0 aromatic rings. The van der Waals surface area contributed by atoms with E-state index in [-0.39, 0.29) is 0 Å². The summed E-state index contributed by atoms with van der Waals surface area (Å²) in [5.74, 6) is 3.52. The van der Waals surface area contributed by atoms with Crippen molar-refractivity contribution in [2.24, 2.45) is 34.8 Å². The molecule has 0 aromatic carbocycles. The fraction of sp³-hybridized carbons (Fsp3) is 0.931. The minimum atomic E-state index is 0.509. The topological polar surface area (TPSA) is 26.0 Å². The van der Waals surface area contributed by atoms with E-state index in [2.05, 4.69) is 53.9 Å². The zero-order valence-electron chi connectivity index (χ0n) is 22.8. The second kappa shape index (κ2) is 19.4. The number of unbranched alkanes of at least 4 members (excludes halogenated alkanes) is 3. The molecule has 1 aliphatic rings. The average Bonchev–Trinajstić information content (AvgIpc) is 3.08. The summed E-state index contributed by atoms with van der Waals surface area (Å²) >= 11 is 0. The van der Waals surface area contributed by atoms with Crippen LogP contribution in [0, 0.1) is 29.1 Å². The molecule has 1 saturated carbocycles. The van der Waals surface area contributed by atoms with Crippen molar-refractivity contribution in [3.8, 4) is 0 Å². The Kier molecular flexibility index (Phi) is 20.6. The zero-order valence-corrected chi connectivity index (χ0v) is 22.8. The van der Waals surface area contributed by atoms with Gasteiger partial charge in [-0.1, -0.05) is 125 Å². The molecule has 0 heterocycles. The lowest BCUT2D eigenvalue weighted by Gasteiger charge is -2.42. The lowest BCUT2D eigenvalue weighted by atomic mass is 9.63. The summed E-state index contributed by atoms with van der Waals surface area (Å²) in [5, 5.41) is 0. The van der Waals surface area contributed by atoms with E-state index in [1.807, 2.05) is 13.8 Å². The van der Waals surface area contributed by atoms with Gasteiger partial charge in [0.05, 0.1) is 0 Å². The van der Waals surface area contributed by atoms with E-state index in [1.165, 1.54) is 96.1 Å². The highest BCUT2D eigenvalue weighted by Gasteiger charge is 2.48. The van der Waals surface area contributed by atoms with Gasteiger partial charge in [-0.25, -0.2) is 0 Å². The molecule has 0 aromatic heterocycles. The number of hydrogen-bond donors (Lipinski definition) is 1. The van der Waals surface area contributed by atoms with Gasteiger partial charge in [-0.3, -0.25) is 0 Å². The van der Waals surface area contributed by atoms with Gasteiger partial charge < -0.3 is 5.73 Å². The van der Waals surface area contributed by atoms with Gasteiger partial charge in [-0.15, -0.1) is 0 Å². The fourth-order valence-corrected chi connectivity index (χ4v) is 6.02. The molecule has 0 amide bonds. The smallest absolute Gasteiger partial charge is 0.0149 e. The maximum atomic E-state index is 4.50. The molecule has 1 nitrogen and oxygen atoms in total. The van der Waals surface area contributed by atoms with Crippen LogP contribution >= 0.6 is 0 Å². The fourth-order valence-electron chi connectivity index (χ4n) is 6.02. The van der Waals surface area contributed by atoms with E-state index in [9.17, 15) is 0 Å². The summed E-state index contributed by atoms with van der Waals surface area (Å²) in [5.41, 5.74) is 6.55. The van der Waals surface area contributed by atoms with Crippen LogP contribution in [0.4, 0.5) is 0 Å². The van der Waals surface area contributed by atoms with Crippen LogP contribution < -0.4 is 5.73 Å². The summed E-state index contributed by atoms with van der Waals surface area (Å²) in [6, 6.07) is 0. The minimum Gasteiger partial charge on any atom is -0.333 e. The Bertz CT molecular complexity index is 386. The molecular weight excluding hydrogens is 362 g/mol. The van der Waals surface area contributed by atoms with Crippen molar-refractivity contribution >= 4 is 0 Å². The van der Waals surface area contributed by atoms with E-state index in [1.54, 1.807) is 0 Å². The standard InChI is InChI=1S/C26H50.C2H6.CH5N/c1-8-11-12-13-16-23(17-14-15-21(4)5)25-19-18-24(22(6)10-3)26(25,7)20-9-2;2*1-2/h21,23-25H,6,8-20H2,1-5,7H3;1-2H3;2H2,1H3. The van der Waals surface area contributed by atoms with Crippen LogP contribution in [0.1, 0.15) is 139 Å². The van der Waals surface area contributed by atoms with Gasteiger partial charge in [0.15, 0.2) is 0 Å². The Morgan fingerprint density at radius 2 is 1.50 bits per heavy atom. The zero-order chi connectivity index (χ0) is 23.6. The van der Waals surface area contributed by atoms with Crippen LogP contribution in [-0.4, -0.2) is 7.05 Å². The third kappa shape index (κ3) is 10.8. The van der Waals surface area contributed by atoms with Crippen LogP contribution in [0.3, 0.4) is 0 Å². The maximum Gasteiger partial charge on any atom is -0.0149 e. The Labute approximate surface area is 193 Å². The van der Waals surface area contributed by atoms with E-state index >= 15 is 0 Å². The van der Waals surface area contributed by atoms with Gasteiger partial charge in [-0.2, -0.15) is 0 Å². The molecule has 1 aliphatic carbocycles. The first kappa shape index (κ1) is 31.9. The maximum absolute atomic E-state index is 4.50. The molecule has 4 unspecified atom stereocenters. The first-order valence-electron chi connectivity index (χ1n) is 13.7. The lowest BCUT2D eigenvalue weighted by molar-refractivity contribution is 0.0953. The Balaban J connectivity index is 0. The molecule has 0 bridgehead atoms. The van der Waals surface area contributed by atoms with Gasteiger partial charge in [-0.05, 0) is 61.8 Å². The predicted octanol–water partition coefficient (Wildman–Crippen LogP) is 9.80. The highest BCUT2D eigenvalue weighted by molar-refractivity contribution is 5.12. The molecule has 0 saturated heterocycles. The molecule has 0 radical (unpaired) electrons. The van der Waals surface area contributed by atoms with Gasteiger partial charge in [0.2, 0.25) is 0 Å². The second-order valence-electron chi connectivity index (χ2n) is 9.94. The Hall–Kier alpha value is -0.300. The number of allylic oxidation sites excluding steroid dienone is 1. The quantitative estimate of drug-likeness (QED) is 0.218. The largest absolute Gasteiger partial charge is 0.333 e. The highest BCUT2D eigenvalue weighted by atomic mass is 14.5. The van der Waals surface area contributed by atoms with Crippen LogP contribution in [-0.2, 0) is 0 Å². The summed E-state index contributed by atoms with van der Waals surface area (Å²) in [6.45, 7) is 22.9. The van der Waals surface area contributed by atoms with Gasteiger partial charge >= 0.3 is 0 Å². The highest BCUT2D eigenvalue weighted by Crippen LogP contribution is 2.57. The van der Waals surface area contributed by atoms with Crippen LogP contribution in [0.5, 0.6) is 0 Å². The molecule has 0 spiro atoms. The van der Waals surface area contributed by atoms with Crippen LogP contribution in [0.25, 0.3) is 0 Å². The van der Waals surface area contributed by atoms with Gasteiger partial charge in [0, 0.05) is 0 Å². The summed E-state index contributed by atoms with van der Waals surface area (Å²) in [7, 11) is 1.50. The first-order valence-corrected chi connectivity index (χ1v) is 13.7. The normalized spacial score (nSPS) is 24.0. The average molecular weight is 424 g/mol. The Morgan fingerprint density at radius 1 is 0.900 bits per heavy atom. The van der Waals surface area contributed by atoms with E-state index in [4.69, 9.17) is 0 Å². The minimum absolute atomic E-state index is 0.509. The third-order valence-electron chi connectivity index (χ3n) is 7.50. The summed E-state index contributed by atoms with van der Waals surface area (Å²) < 4.78 is 0. The van der Waals surface area contributed by atoms with Crippen molar-refractivity contribution in [2.75, 3.05) is 7.05 Å². The molecule has 182 valence electrons.